The van der Waals surface area contributed by atoms with Gasteiger partial charge in [0.25, 0.3) is 0 Å². The highest BCUT2D eigenvalue weighted by atomic mass is 28.3. The van der Waals surface area contributed by atoms with Gasteiger partial charge >= 0.3 is 5.92 Å². The fourth-order valence-corrected chi connectivity index (χ4v) is 5.70. The summed E-state index contributed by atoms with van der Waals surface area (Å²) in [5, 5.41) is 5.83. The first-order valence-corrected chi connectivity index (χ1v) is 18.7. The molecule has 1 fully saturated rings. The third-order valence-corrected chi connectivity index (χ3v) is 9.36. The number of nitrogens with one attached hydrogen (secondary N) is 2. The van der Waals surface area contributed by atoms with Crippen molar-refractivity contribution >= 4 is 48.2 Å². The third kappa shape index (κ3) is 7.91. The summed E-state index contributed by atoms with van der Waals surface area (Å²) < 4.78 is 40.4. The average molecular weight is 635 g/mol. The molecule has 10 nitrogen and oxygen atoms in total. The van der Waals surface area contributed by atoms with E-state index in [1.165, 1.54) is 24.3 Å². The normalized spacial score (nSPS) is 14.5. The van der Waals surface area contributed by atoms with Gasteiger partial charge in [-0.3, -0.25) is 4.79 Å². The summed E-state index contributed by atoms with van der Waals surface area (Å²) in [5.41, 5.74) is 0.312. The Kier molecular flexibility index (Phi) is 9.61. The molecule has 0 unspecified atom stereocenters. The van der Waals surface area contributed by atoms with Gasteiger partial charge in [0, 0.05) is 63.7 Å². The Morgan fingerprint density at radius 2 is 1.87 bits per heavy atom. The number of anilines is 4. The van der Waals surface area contributed by atoms with Crippen molar-refractivity contribution in [2.75, 3.05) is 55.4 Å². The van der Waals surface area contributed by atoms with Crippen LogP contribution in [0.2, 0.25) is 25.7 Å². The number of pyridine rings is 1. The molecule has 0 radical (unpaired) electrons. The molecule has 1 amide bonds. The van der Waals surface area contributed by atoms with Crippen LogP contribution in [0.1, 0.15) is 11.3 Å². The first kappa shape index (κ1) is 32.2. The van der Waals surface area contributed by atoms with E-state index >= 15 is 8.78 Å². The Balaban J connectivity index is 1.48. The molecule has 45 heavy (non-hydrogen) atoms. The minimum absolute atomic E-state index is 0.00415. The van der Waals surface area contributed by atoms with Crippen molar-refractivity contribution in [2.24, 2.45) is 0 Å². The number of piperazine rings is 1. The van der Waals surface area contributed by atoms with Gasteiger partial charge < -0.3 is 29.7 Å². The Morgan fingerprint density at radius 1 is 1.09 bits per heavy atom. The number of aromatic nitrogens is 4. The van der Waals surface area contributed by atoms with Crippen LogP contribution in [0.4, 0.5) is 31.9 Å². The number of carbonyl (C=O) groups is 1. The van der Waals surface area contributed by atoms with E-state index in [4.69, 9.17) is 4.74 Å². The fourth-order valence-electron chi connectivity index (χ4n) is 4.94. The lowest BCUT2D eigenvalue weighted by Gasteiger charge is -2.33. The van der Waals surface area contributed by atoms with E-state index in [9.17, 15) is 4.79 Å². The molecule has 0 bridgehead atoms. The summed E-state index contributed by atoms with van der Waals surface area (Å²) in [7, 11) is 0.793. The standard InChI is InChI=1S/C32H40F2N8O2Si/c1-6-28(43)36-24-9-7-8-23(20-24)32(33,34)29-26-12-13-42(22-44-18-19-45(3,4)5)30(26)39-31(38-29)37-25-10-11-27(35-21-25)41-16-14-40(2)15-17-41/h6-13,20-21H,1,14-19,22H2,2-5H3,(H,36,43)(H,37,38,39). The zero-order chi connectivity index (χ0) is 32.2. The molecule has 4 heterocycles. The third-order valence-electron chi connectivity index (χ3n) is 7.65. The zero-order valence-electron chi connectivity index (χ0n) is 26.2. The molecule has 5 rings (SSSR count). The molecule has 0 atom stereocenters. The number of hydrogen-bond donors (Lipinski definition) is 2. The number of carbonyl (C=O) groups excluding carboxylic acids is 1. The predicted octanol–water partition coefficient (Wildman–Crippen LogP) is 5.90. The summed E-state index contributed by atoms with van der Waals surface area (Å²) in [6, 6.07) is 11.9. The lowest BCUT2D eigenvalue weighted by molar-refractivity contribution is -0.111. The first-order valence-electron chi connectivity index (χ1n) is 15.0. The van der Waals surface area contributed by atoms with Crippen molar-refractivity contribution in [2.45, 2.75) is 38.3 Å². The number of rotatable bonds is 12. The monoisotopic (exact) mass is 634 g/mol. The maximum Gasteiger partial charge on any atom is 0.315 e. The zero-order valence-corrected chi connectivity index (χ0v) is 27.2. The second-order valence-electron chi connectivity index (χ2n) is 12.4. The van der Waals surface area contributed by atoms with Crippen LogP contribution in [0.5, 0.6) is 0 Å². The molecule has 1 aromatic carbocycles. The van der Waals surface area contributed by atoms with Crippen molar-refractivity contribution in [3.05, 3.63) is 78.8 Å². The van der Waals surface area contributed by atoms with E-state index < -0.39 is 25.6 Å². The topological polar surface area (TPSA) is 100 Å². The molecule has 1 aliphatic rings. The second kappa shape index (κ2) is 13.4. The minimum atomic E-state index is -3.53. The van der Waals surface area contributed by atoms with E-state index in [2.05, 4.69) is 68.7 Å². The molecule has 0 aliphatic carbocycles. The van der Waals surface area contributed by atoms with E-state index in [1.807, 2.05) is 12.1 Å². The van der Waals surface area contributed by atoms with Gasteiger partial charge in [-0.05, 0) is 49.5 Å². The molecule has 3 aromatic heterocycles. The lowest BCUT2D eigenvalue weighted by Crippen LogP contribution is -2.44. The number of benzene rings is 1. The molecule has 13 heteroatoms. The smallest absolute Gasteiger partial charge is 0.315 e. The molecular formula is C32H40F2N8O2Si. The minimum Gasteiger partial charge on any atom is -0.361 e. The van der Waals surface area contributed by atoms with Crippen LogP contribution in [-0.2, 0) is 22.2 Å². The summed E-state index contributed by atoms with van der Waals surface area (Å²) in [5.74, 6) is -3.17. The quantitative estimate of drug-likeness (QED) is 0.113. The number of halogens is 2. The van der Waals surface area contributed by atoms with E-state index in [0.29, 0.717) is 17.9 Å². The predicted molar refractivity (Wildman–Crippen MR) is 177 cm³/mol. The number of amides is 1. The number of nitrogens with zero attached hydrogens (tertiary/aromatic N) is 6. The molecule has 0 spiro atoms. The van der Waals surface area contributed by atoms with Crippen LogP contribution in [0, 0.1) is 0 Å². The van der Waals surface area contributed by atoms with Crippen LogP contribution >= 0.6 is 0 Å². The molecule has 1 aliphatic heterocycles. The van der Waals surface area contributed by atoms with Gasteiger partial charge in [-0.25, -0.2) is 9.97 Å². The van der Waals surface area contributed by atoms with Crippen molar-refractivity contribution < 1.29 is 18.3 Å². The number of alkyl halides is 2. The molecule has 238 valence electrons. The van der Waals surface area contributed by atoms with Crippen LogP contribution in [0.3, 0.4) is 0 Å². The molecule has 1 saturated heterocycles. The molecule has 4 aromatic rings. The SMILES string of the molecule is C=CC(=O)Nc1cccc(C(F)(F)c2nc(Nc3ccc(N4CCN(C)CC4)nc3)nc3c2ccn3COCC[Si](C)(C)C)c1. The van der Waals surface area contributed by atoms with Gasteiger partial charge in [0.1, 0.15) is 23.9 Å². The van der Waals surface area contributed by atoms with E-state index in [1.54, 1.807) is 23.0 Å². The summed E-state index contributed by atoms with van der Waals surface area (Å²) in [6.45, 7) is 14.6. The number of likely N-dealkylation sites (N-methyl/N-ethyl adjacent to an activating group) is 1. The first-order chi connectivity index (χ1) is 21.4. The van der Waals surface area contributed by atoms with Gasteiger partial charge in [0.15, 0.2) is 0 Å². The van der Waals surface area contributed by atoms with Gasteiger partial charge in [0.05, 0.1) is 11.9 Å². The number of hydrogen-bond acceptors (Lipinski definition) is 8. The highest BCUT2D eigenvalue weighted by molar-refractivity contribution is 6.76. The average Bonchev–Trinajstić information content (AvgIpc) is 3.42. The summed E-state index contributed by atoms with van der Waals surface area (Å²) >= 11 is 0. The highest BCUT2D eigenvalue weighted by Gasteiger charge is 2.39. The highest BCUT2D eigenvalue weighted by Crippen LogP contribution is 2.40. The Morgan fingerprint density at radius 3 is 2.56 bits per heavy atom. The van der Waals surface area contributed by atoms with E-state index in [-0.39, 0.29) is 29.3 Å². The van der Waals surface area contributed by atoms with Gasteiger partial charge in [0.2, 0.25) is 11.9 Å². The summed E-state index contributed by atoms with van der Waals surface area (Å²) in [4.78, 5) is 29.9. The fraction of sp³-hybridized carbons (Fsp3) is 0.375. The second-order valence-corrected chi connectivity index (χ2v) is 18.1. The molecular weight excluding hydrogens is 594 g/mol. The summed E-state index contributed by atoms with van der Waals surface area (Å²) in [6.07, 6.45) is 4.42. The van der Waals surface area contributed by atoms with Crippen LogP contribution < -0.4 is 15.5 Å². The molecule has 0 saturated carbocycles. The Hall–Kier alpha value is -4.20. The maximum atomic E-state index is 16.4. The number of ether oxygens (including phenoxy) is 1. The van der Waals surface area contributed by atoms with Gasteiger partial charge in [-0.15, -0.1) is 0 Å². The molecule has 2 N–H and O–H groups in total. The van der Waals surface area contributed by atoms with Crippen molar-refractivity contribution in [1.82, 2.24) is 24.4 Å². The largest absolute Gasteiger partial charge is 0.361 e. The van der Waals surface area contributed by atoms with Crippen LogP contribution in [0.25, 0.3) is 11.0 Å². The van der Waals surface area contributed by atoms with Gasteiger partial charge in [-0.1, -0.05) is 38.4 Å². The van der Waals surface area contributed by atoms with Crippen molar-refractivity contribution in [3.8, 4) is 0 Å². The van der Waals surface area contributed by atoms with Gasteiger partial charge in [-0.2, -0.15) is 13.8 Å². The number of fused-ring (bicyclic) bond motifs is 1. The van der Waals surface area contributed by atoms with Crippen molar-refractivity contribution in [1.29, 1.82) is 0 Å². The lowest BCUT2D eigenvalue weighted by atomic mass is 10.0. The maximum absolute atomic E-state index is 16.4. The Labute approximate surface area is 263 Å². The van der Waals surface area contributed by atoms with Crippen LogP contribution in [-0.4, -0.2) is 78.2 Å². The van der Waals surface area contributed by atoms with E-state index in [0.717, 1.165) is 44.1 Å². The Bertz CT molecular complexity index is 1650. The van der Waals surface area contributed by atoms with Crippen LogP contribution in [0.15, 0.2) is 67.5 Å². The van der Waals surface area contributed by atoms with Crippen molar-refractivity contribution in [3.63, 3.8) is 0 Å².